The van der Waals surface area contributed by atoms with Crippen molar-refractivity contribution in [3.05, 3.63) is 48.2 Å². The Hall–Kier alpha value is -2.81. The Kier molecular flexibility index (Phi) is 9.18. The Morgan fingerprint density at radius 3 is 2.61 bits per heavy atom. The van der Waals surface area contributed by atoms with Crippen molar-refractivity contribution in [1.82, 2.24) is 8.87 Å². The molecule has 11 heteroatoms. The second kappa shape index (κ2) is 12.4. The molecule has 204 valence electrons. The molecule has 4 rings (SSSR count). The highest BCUT2D eigenvalue weighted by molar-refractivity contribution is 7.97. The first kappa shape index (κ1) is 28.2. The van der Waals surface area contributed by atoms with E-state index in [1.54, 1.807) is 37.3 Å². The van der Waals surface area contributed by atoms with E-state index < -0.39 is 23.5 Å². The van der Waals surface area contributed by atoms with Gasteiger partial charge in [0.05, 0.1) is 30.6 Å². The molecular formula is C27H31F3N4O2S2. The topological polar surface area (TPSA) is 58.5 Å². The van der Waals surface area contributed by atoms with Crippen LogP contribution in [0.5, 0.6) is 5.75 Å². The van der Waals surface area contributed by atoms with Gasteiger partial charge in [-0.15, -0.1) is 0 Å². The van der Waals surface area contributed by atoms with Gasteiger partial charge in [-0.05, 0) is 81.2 Å². The van der Waals surface area contributed by atoms with Gasteiger partial charge >= 0.3 is 6.18 Å². The van der Waals surface area contributed by atoms with E-state index in [9.17, 15) is 17.4 Å². The lowest BCUT2D eigenvalue weighted by atomic mass is 10.1. The standard InChI is InChI=1S/C27H31F3N4O2S2/c1-33(2)37-21-9-10-24(26(17-21)36-3)31-13-5-6-20-16-22-23(32-19-11-14-38(35)15-12-19)7-4-8-25(22)34(20)18-27(28,29)30/h4,7-10,16-17,19,31-32H,11-15,18H2,1-3H3. The van der Waals surface area contributed by atoms with Crippen LogP contribution in [0.3, 0.4) is 0 Å². The van der Waals surface area contributed by atoms with Crippen LogP contribution in [-0.4, -0.2) is 64.6 Å². The molecule has 0 atom stereocenters. The van der Waals surface area contributed by atoms with Gasteiger partial charge in [0, 0.05) is 44.3 Å². The van der Waals surface area contributed by atoms with Crippen LogP contribution in [0.25, 0.3) is 10.9 Å². The lowest BCUT2D eigenvalue weighted by molar-refractivity contribution is -0.140. The van der Waals surface area contributed by atoms with Gasteiger partial charge in [-0.2, -0.15) is 13.2 Å². The van der Waals surface area contributed by atoms with E-state index in [0.29, 0.717) is 33.9 Å². The third-order valence-corrected chi connectivity index (χ3v) is 8.29. The molecular weight excluding hydrogens is 533 g/mol. The summed E-state index contributed by atoms with van der Waals surface area (Å²) in [7, 11) is 4.71. The molecule has 0 amide bonds. The molecule has 0 unspecified atom stereocenters. The molecule has 0 radical (unpaired) electrons. The van der Waals surface area contributed by atoms with Crippen LogP contribution < -0.4 is 15.4 Å². The Labute approximate surface area is 227 Å². The average Bonchev–Trinajstić information content (AvgIpc) is 3.20. The maximum atomic E-state index is 13.5. The van der Waals surface area contributed by atoms with Gasteiger partial charge in [0.1, 0.15) is 12.3 Å². The predicted octanol–water partition coefficient (Wildman–Crippen LogP) is 5.57. The normalized spacial score (nSPS) is 17.8. The zero-order valence-electron chi connectivity index (χ0n) is 21.5. The monoisotopic (exact) mass is 564 g/mol. The maximum absolute atomic E-state index is 13.5. The zero-order valence-corrected chi connectivity index (χ0v) is 23.2. The van der Waals surface area contributed by atoms with Crippen LogP contribution in [0.4, 0.5) is 24.5 Å². The summed E-state index contributed by atoms with van der Waals surface area (Å²) in [5, 5.41) is 7.34. The summed E-state index contributed by atoms with van der Waals surface area (Å²) >= 11 is 1.57. The molecule has 1 aliphatic heterocycles. The lowest BCUT2D eigenvalue weighted by Crippen LogP contribution is -2.29. The number of fused-ring (bicyclic) bond motifs is 1. The molecule has 1 aromatic heterocycles. The van der Waals surface area contributed by atoms with E-state index >= 15 is 0 Å². The van der Waals surface area contributed by atoms with Gasteiger partial charge in [0.2, 0.25) is 0 Å². The number of alkyl halides is 3. The number of anilines is 2. The van der Waals surface area contributed by atoms with E-state index in [0.717, 1.165) is 29.1 Å². The molecule has 2 aromatic carbocycles. The minimum Gasteiger partial charge on any atom is -0.495 e. The van der Waals surface area contributed by atoms with Crippen LogP contribution >= 0.6 is 11.9 Å². The van der Waals surface area contributed by atoms with Gasteiger partial charge in [-0.1, -0.05) is 12.0 Å². The van der Waals surface area contributed by atoms with Crippen LogP contribution in [0.15, 0.2) is 47.4 Å². The van der Waals surface area contributed by atoms with Crippen LogP contribution in [0.2, 0.25) is 0 Å². The fraction of sp³-hybridized carbons (Fsp3) is 0.407. The first-order chi connectivity index (χ1) is 18.1. The van der Waals surface area contributed by atoms with Crippen LogP contribution in [0, 0.1) is 11.8 Å². The molecule has 6 nitrogen and oxygen atoms in total. The van der Waals surface area contributed by atoms with E-state index in [-0.39, 0.29) is 12.6 Å². The highest BCUT2D eigenvalue weighted by Crippen LogP contribution is 2.32. The van der Waals surface area contributed by atoms with Gasteiger partial charge in [-0.25, -0.2) is 0 Å². The number of benzene rings is 2. The van der Waals surface area contributed by atoms with E-state index in [4.69, 9.17) is 4.74 Å². The number of aromatic nitrogens is 1. The molecule has 2 N–H and O–H groups in total. The predicted molar refractivity (Wildman–Crippen MR) is 150 cm³/mol. The summed E-state index contributed by atoms with van der Waals surface area (Å²) in [6.07, 6.45) is -2.86. The van der Waals surface area contributed by atoms with Gasteiger partial charge in [0.25, 0.3) is 0 Å². The smallest absolute Gasteiger partial charge is 0.406 e. The van der Waals surface area contributed by atoms with E-state index in [1.165, 1.54) is 4.57 Å². The van der Waals surface area contributed by atoms with Gasteiger partial charge < -0.3 is 19.9 Å². The largest absolute Gasteiger partial charge is 0.495 e. The van der Waals surface area contributed by atoms with Crippen molar-refractivity contribution in [2.45, 2.75) is 36.5 Å². The number of hydrogen-bond acceptors (Lipinski definition) is 6. The SMILES string of the molecule is COc1cc(SN(C)C)ccc1NCC#Cc1cc2c(NC3CCS(=O)CC3)cccc2n1CC(F)(F)F. The number of hydrogen-bond donors (Lipinski definition) is 2. The molecule has 0 saturated carbocycles. The Morgan fingerprint density at radius 1 is 1.16 bits per heavy atom. The van der Waals surface area contributed by atoms with Crippen molar-refractivity contribution >= 4 is 45.0 Å². The molecule has 3 aromatic rings. The third-order valence-electron chi connectivity index (χ3n) is 6.08. The summed E-state index contributed by atoms with van der Waals surface area (Å²) in [5.74, 6) is 7.83. The van der Waals surface area contributed by atoms with Crippen molar-refractivity contribution in [2.24, 2.45) is 0 Å². The fourth-order valence-corrected chi connectivity index (χ4v) is 6.39. The summed E-state index contributed by atoms with van der Waals surface area (Å²) in [6, 6.07) is 12.9. The quantitative estimate of drug-likeness (QED) is 0.276. The molecule has 1 fully saturated rings. The van der Waals surface area contributed by atoms with Crippen molar-refractivity contribution in [3.8, 4) is 17.6 Å². The zero-order chi connectivity index (χ0) is 27.3. The first-order valence-corrected chi connectivity index (χ1v) is 14.5. The summed E-state index contributed by atoms with van der Waals surface area (Å²) in [5.41, 5.74) is 2.28. The number of nitrogens with zero attached hydrogens (tertiary/aromatic N) is 2. The summed E-state index contributed by atoms with van der Waals surface area (Å²) in [6.45, 7) is -0.896. The first-order valence-electron chi connectivity index (χ1n) is 12.2. The van der Waals surface area contributed by atoms with Crippen LogP contribution in [-0.2, 0) is 17.3 Å². The second-order valence-corrected chi connectivity index (χ2v) is 12.2. The van der Waals surface area contributed by atoms with Crippen molar-refractivity contribution < 1.29 is 22.1 Å². The van der Waals surface area contributed by atoms with Gasteiger partial charge in [0.15, 0.2) is 0 Å². The van der Waals surface area contributed by atoms with Crippen molar-refractivity contribution in [2.75, 3.05) is 49.9 Å². The maximum Gasteiger partial charge on any atom is 0.406 e. The Bertz CT molecular complexity index is 1350. The summed E-state index contributed by atoms with van der Waals surface area (Å²) < 4.78 is 60.9. The van der Waals surface area contributed by atoms with Gasteiger partial charge in [-0.3, -0.25) is 8.51 Å². The molecule has 38 heavy (non-hydrogen) atoms. The Morgan fingerprint density at radius 2 is 1.92 bits per heavy atom. The van der Waals surface area contributed by atoms with E-state index in [2.05, 4.69) is 22.5 Å². The summed E-state index contributed by atoms with van der Waals surface area (Å²) in [4.78, 5) is 1.02. The number of rotatable bonds is 8. The van der Waals surface area contributed by atoms with E-state index in [1.807, 2.05) is 42.7 Å². The minimum absolute atomic E-state index is 0.139. The van der Waals surface area contributed by atoms with Crippen molar-refractivity contribution in [1.29, 1.82) is 0 Å². The molecule has 0 aliphatic carbocycles. The number of ether oxygens (including phenoxy) is 1. The highest BCUT2D eigenvalue weighted by atomic mass is 32.2. The minimum atomic E-state index is -4.39. The number of methoxy groups -OCH3 is 1. The Balaban J connectivity index is 1.57. The molecule has 0 spiro atoms. The molecule has 1 aliphatic rings. The highest BCUT2D eigenvalue weighted by Gasteiger charge is 2.30. The average molecular weight is 565 g/mol. The lowest BCUT2D eigenvalue weighted by Gasteiger charge is -2.24. The molecule has 0 bridgehead atoms. The molecule has 1 saturated heterocycles. The molecule has 2 heterocycles. The van der Waals surface area contributed by atoms with Crippen LogP contribution in [0.1, 0.15) is 18.5 Å². The van der Waals surface area contributed by atoms with Crippen molar-refractivity contribution in [3.63, 3.8) is 0 Å². The number of halogens is 3. The third kappa shape index (κ3) is 7.40. The fourth-order valence-electron chi connectivity index (χ4n) is 4.38. The second-order valence-electron chi connectivity index (χ2n) is 9.16. The number of nitrogens with one attached hydrogen (secondary N) is 2.